The highest BCUT2D eigenvalue weighted by molar-refractivity contribution is 8.18. The largest absolute Gasteiger partial charge is 0.327 e. The summed E-state index contributed by atoms with van der Waals surface area (Å²) < 4.78 is 1.95. The topological polar surface area (TPSA) is 64.0 Å². The van der Waals surface area contributed by atoms with Crippen LogP contribution in [0.1, 0.15) is 5.56 Å². The van der Waals surface area contributed by atoms with Crippen molar-refractivity contribution in [2.24, 2.45) is 7.05 Å². The summed E-state index contributed by atoms with van der Waals surface area (Å²) in [5, 5.41) is 2.84. The zero-order chi connectivity index (χ0) is 18.4. The van der Waals surface area contributed by atoms with Gasteiger partial charge in [-0.25, -0.2) is 4.98 Å². The van der Waals surface area contributed by atoms with Crippen molar-refractivity contribution in [3.8, 4) is 11.4 Å². The molecule has 1 aromatic heterocycles. The van der Waals surface area contributed by atoms with E-state index in [2.05, 4.69) is 10.3 Å². The molecule has 1 aliphatic heterocycles. The predicted octanol–water partition coefficient (Wildman–Crippen LogP) is 4.87. The summed E-state index contributed by atoms with van der Waals surface area (Å²) >= 11 is 13.1. The number of aromatic nitrogens is 2. The Morgan fingerprint density at radius 2 is 1.81 bits per heavy atom. The summed E-state index contributed by atoms with van der Waals surface area (Å²) in [5.41, 5.74) is 3.39. The van der Waals surface area contributed by atoms with E-state index in [1.807, 2.05) is 35.9 Å². The van der Waals surface area contributed by atoms with Gasteiger partial charge in [-0.1, -0.05) is 47.5 Å². The number of nitrogens with zero attached hydrogens (tertiary/aromatic N) is 2. The summed E-state index contributed by atoms with van der Waals surface area (Å²) in [6.45, 7) is 0. The van der Waals surface area contributed by atoms with Crippen LogP contribution in [-0.4, -0.2) is 20.7 Å². The lowest BCUT2D eigenvalue weighted by Crippen LogP contribution is -2.17. The molecule has 130 valence electrons. The molecule has 0 saturated carbocycles. The van der Waals surface area contributed by atoms with E-state index in [0.717, 1.165) is 39.7 Å². The Morgan fingerprint density at radius 1 is 1.12 bits per heavy atom. The van der Waals surface area contributed by atoms with E-state index in [1.165, 1.54) is 0 Å². The van der Waals surface area contributed by atoms with E-state index in [9.17, 15) is 9.59 Å². The minimum Gasteiger partial charge on any atom is -0.327 e. The number of rotatable bonds is 2. The van der Waals surface area contributed by atoms with Crippen LogP contribution in [0.2, 0.25) is 10.0 Å². The third kappa shape index (κ3) is 3.00. The van der Waals surface area contributed by atoms with E-state index in [-0.39, 0.29) is 11.1 Å². The first-order valence-corrected chi connectivity index (χ1v) is 9.16. The zero-order valence-electron chi connectivity index (χ0n) is 13.4. The maximum Gasteiger partial charge on any atom is 0.290 e. The Labute approximate surface area is 163 Å². The first kappa shape index (κ1) is 17.1. The van der Waals surface area contributed by atoms with Crippen LogP contribution in [0.3, 0.4) is 0 Å². The normalized spacial score (nSPS) is 15.9. The van der Waals surface area contributed by atoms with Gasteiger partial charge in [0.2, 0.25) is 0 Å². The molecule has 4 rings (SSSR count). The van der Waals surface area contributed by atoms with Crippen molar-refractivity contribution < 1.29 is 9.59 Å². The second-order valence-corrected chi connectivity index (χ2v) is 7.55. The Bertz CT molecular complexity index is 1100. The van der Waals surface area contributed by atoms with Crippen molar-refractivity contribution in [2.45, 2.75) is 0 Å². The molecule has 0 atom stereocenters. The second-order valence-electron chi connectivity index (χ2n) is 5.72. The molecule has 26 heavy (non-hydrogen) atoms. The van der Waals surface area contributed by atoms with Gasteiger partial charge in [-0.3, -0.25) is 14.9 Å². The number of halogens is 2. The van der Waals surface area contributed by atoms with Crippen LogP contribution in [0.4, 0.5) is 4.79 Å². The molecule has 2 aromatic carbocycles. The van der Waals surface area contributed by atoms with Crippen LogP contribution in [0, 0.1) is 0 Å². The number of hydrogen-bond acceptors (Lipinski definition) is 4. The first-order valence-electron chi connectivity index (χ1n) is 7.59. The number of amides is 2. The van der Waals surface area contributed by atoms with Gasteiger partial charge in [0.15, 0.2) is 0 Å². The highest BCUT2D eigenvalue weighted by Crippen LogP contribution is 2.31. The average Bonchev–Trinajstić information content (AvgIpc) is 3.08. The van der Waals surface area contributed by atoms with Crippen molar-refractivity contribution >= 4 is 63.2 Å². The molecule has 0 unspecified atom stereocenters. The molecule has 0 radical (unpaired) electrons. The number of thioether (sulfide) groups is 1. The molecule has 3 aromatic rings. The third-order valence-corrected chi connectivity index (χ3v) is 5.56. The lowest BCUT2D eigenvalue weighted by molar-refractivity contribution is -0.115. The molecule has 1 N–H and O–H groups in total. The molecule has 0 spiro atoms. The van der Waals surface area contributed by atoms with E-state index < -0.39 is 0 Å². The Kier molecular flexibility index (Phi) is 4.26. The van der Waals surface area contributed by atoms with Gasteiger partial charge in [0, 0.05) is 12.6 Å². The number of imidazole rings is 1. The first-order chi connectivity index (χ1) is 12.4. The summed E-state index contributed by atoms with van der Waals surface area (Å²) in [5.74, 6) is 0.411. The van der Waals surface area contributed by atoms with Gasteiger partial charge in [-0.2, -0.15) is 0 Å². The van der Waals surface area contributed by atoms with Crippen molar-refractivity contribution in [3.63, 3.8) is 0 Å². The fourth-order valence-electron chi connectivity index (χ4n) is 2.75. The molecule has 0 aliphatic carbocycles. The smallest absolute Gasteiger partial charge is 0.290 e. The maximum atomic E-state index is 11.6. The van der Waals surface area contributed by atoms with Crippen molar-refractivity contribution in [3.05, 3.63) is 56.9 Å². The van der Waals surface area contributed by atoms with Crippen LogP contribution in [0.25, 0.3) is 28.5 Å². The standard InChI is InChI=1S/C18H11Cl2N3O2S/c1-23-14-8-12(20)11(19)7-13(14)21-16(23)10-4-2-9(3-5-10)6-15-17(24)22-18(25)26-15/h2-8H,1H3,(H,22,24,25). The quantitative estimate of drug-likeness (QED) is 0.619. The number of benzene rings is 2. The van der Waals surface area contributed by atoms with E-state index in [1.54, 1.807) is 18.2 Å². The summed E-state index contributed by atoms with van der Waals surface area (Å²) in [6.07, 6.45) is 1.68. The minimum atomic E-state index is -0.367. The Hall–Kier alpha value is -2.28. The van der Waals surface area contributed by atoms with E-state index in [4.69, 9.17) is 23.2 Å². The monoisotopic (exact) mass is 403 g/mol. The maximum absolute atomic E-state index is 11.6. The van der Waals surface area contributed by atoms with Crippen molar-refractivity contribution in [2.75, 3.05) is 0 Å². The lowest BCUT2D eigenvalue weighted by Gasteiger charge is -2.04. The van der Waals surface area contributed by atoms with Crippen LogP contribution >= 0.6 is 35.0 Å². The molecule has 1 aliphatic rings. The molecule has 1 fully saturated rings. The van der Waals surface area contributed by atoms with E-state index in [0.29, 0.717) is 15.0 Å². The molecule has 2 amide bonds. The van der Waals surface area contributed by atoms with Crippen molar-refractivity contribution in [1.82, 2.24) is 14.9 Å². The Balaban J connectivity index is 1.70. The number of hydrogen-bond donors (Lipinski definition) is 1. The molecule has 0 bridgehead atoms. The fourth-order valence-corrected chi connectivity index (χ4v) is 3.74. The molecule has 8 heteroatoms. The van der Waals surface area contributed by atoms with Gasteiger partial charge in [0.05, 0.1) is 26.0 Å². The average molecular weight is 404 g/mol. The predicted molar refractivity (Wildman–Crippen MR) is 105 cm³/mol. The van der Waals surface area contributed by atoms with Gasteiger partial charge in [-0.15, -0.1) is 0 Å². The molecular formula is C18H11Cl2N3O2S. The van der Waals surface area contributed by atoms with Crippen LogP contribution in [0.5, 0.6) is 0 Å². The van der Waals surface area contributed by atoms with Gasteiger partial charge in [0.1, 0.15) is 5.82 Å². The van der Waals surface area contributed by atoms with Gasteiger partial charge in [-0.05, 0) is 35.5 Å². The number of nitrogens with one attached hydrogen (secondary N) is 1. The molecule has 1 saturated heterocycles. The molecule has 5 nitrogen and oxygen atoms in total. The number of aryl methyl sites for hydroxylation is 1. The zero-order valence-corrected chi connectivity index (χ0v) is 15.7. The SMILES string of the molecule is Cn1c(-c2ccc(C=C3SC(=O)NC3=O)cc2)nc2cc(Cl)c(Cl)cc21. The van der Waals surface area contributed by atoms with Crippen LogP contribution in [0.15, 0.2) is 41.3 Å². The summed E-state index contributed by atoms with van der Waals surface area (Å²) in [6, 6.07) is 11.1. The summed E-state index contributed by atoms with van der Waals surface area (Å²) in [7, 11) is 1.91. The number of carbonyl (C=O) groups excluding carboxylic acids is 2. The third-order valence-electron chi connectivity index (χ3n) is 4.03. The van der Waals surface area contributed by atoms with Gasteiger partial charge in [0.25, 0.3) is 11.1 Å². The number of carbonyl (C=O) groups is 2. The van der Waals surface area contributed by atoms with E-state index >= 15 is 0 Å². The minimum absolute atomic E-state index is 0.352. The Morgan fingerprint density at radius 3 is 2.46 bits per heavy atom. The molecular weight excluding hydrogens is 393 g/mol. The summed E-state index contributed by atoms with van der Waals surface area (Å²) in [4.78, 5) is 27.9. The second kappa shape index (κ2) is 6.46. The number of imide groups is 1. The fraction of sp³-hybridized carbons (Fsp3) is 0.0556. The highest BCUT2D eigenvalue weighted by atomic mass is 35.5. The van der Waals surface area contributed by atoms with Gasteiger partial charge < -0.3 is 4.57 Å². The number of fused-ring (bicyclic) bond motifs is 1. The van der Waals surface area contributed by atoms with Gasteiger partial charge >= 0.3 is 0 Å². The van der Waals surface area contributed by atoms with Crippen molar-refractivity contribution in [1.29, 1.82) is 0 Å². The molecule has 2 heterocycles. The van der Waals surface area contributed by atoms with Crippen LogP contribution in [-0.2, 0) is 11.8 Å². The lowest BCUT2D eigenvalue weighted by atomic mass is 10.1. The van der Waals surface area contributed by atoms with Crippen LogP contribution < -0.4 is 5.32 Å². The highest BCUT2D eigenvalue weighted by Gasteiger charge is 2.24.